The van der Waals surface area contributed by atoms with Crippen molar-refractivity contribution in [2.45, 2.75) is 38.9 Å². The molecule has 1 aliphatic rings. The summed E-state index contributed by atoms with van der Waals surface area (Å²) < 4.78 is 4.86. The van der Waals surface area contributed by atoms with E-state index in [-0.39, 0.29) is 29.9 Å². The van der Waals surface area contributed by atoms with Crippen LogP contribution in [-0.2, 0) is 21.7 Å². The zero-order valence-corrected chi connectivity index (χ0v) is 10.9. The minimum Gasteiger partial charge on any atom is -0.458 e. The van der Waals surface area contributed by atoms with Gasteiger partial charge in [-0.3, -0.25) is 4.79 Å². The molecule has 3 N–H and O–H groups in total. The summed E-state index contributed by atoms with van der Waals surface area (Å²) in [5, 5.41) is 18.2. The number of fused-ring (bicyclic) bond motifs is 1. The van der Waals surface area contributed by atoms with E-state index in [2.05, 4.69) is 4.98 Å². The van der Waals surface area contributed by atoms with Gasteiger partial charge in [0, 0.05) is 5.56 Å². The van der Waals surface area contributed by atoms with Crippen LogP contribution in [0.1, 0.15) is 43.5 Å². The number of hydrogen-bond acceptors (Lipinski definition) is 5. The molecule has 0 aromatic carbocycles. The molecule has 6 heteroatoms. The topological polar surface area (TPSA) is 103 Å². The Balaban J connectivity index is 2.69. The second-order valence-corrected chi connectivity index (χ2v) is 4.53. The Kier molecular flexibility index (Phi) is 3.28. The van der Waals surface area contributed by atoms with Crippen molar-refractivity contribution < 1.29 is 14.6 Å². The van der Waals surface area contributed by atoms with Gasteiger partial charge in [0.15, 0.2) is 5.60 Å². The number of rotatable bonds is 3. The Labute approximate surface area is 109 Å². The van der Waals surface area contributed by atoms with Crippen LogP contribution in [0, 0.1) is 5.41 Å². The van der Waals surface area contributed by atoms with Crippen molar-refractivity contribution in [3.63, 3.8) is 0 Å². The minimum atomic E-state index is -1.80. The van der Waals surface area contributed by atoms with Crippen LogP contribution < -0.4 is 5.56 Å². The quantitative estimate of drug-likeness (QED) is 0.555. The van der Waals surface area contributed by atoms with Gasteiger partial charge in [-0.2, -0.15) is 0 Å². The molecule has 102 valence electrons. The van der Waals surface area contributed by atoms with Crippen molar-refractivity contribution in [3.05, 3.63) is 33.2 Å². The van der Waals surface area contributed by atoms with E-state index in [9.17, 15) is 14.7 Å². The number of esters is 1. The molecule has 1 aromatic rings. The molecule has 0 bridgehead atoms. The molecule has 2 heterocycles. The lowest BCUT2D eigenvalue weighted by atomic mass is 9.86. The molecule has 0 saturated heterocycles. The predicted octanol–water partition coefficient (Wildman–Crippen LogP) is 0.807. The van der Waals surface area contributed by atoms with Crippen molar-refractivity contribution in [1.29, 1.82) is 5.41 Å². The molecule has 2 rings (SSSR count). The van der Waals surface area contributed by atoms with Crippen molar-refractivity contribution >= 4 is 11.7 Å². The molecule has 0 aliphatic carbocycles. The first-order chi connectivity index (χ1) is 8.93. The molecule has 1 aromatic heterocycles. The number of cyclic esters (lactones) is 1. The van der Waals surface area contributed by atoms with Gasteiger partial charge in [0.2, 0.25) is 0 Å². The maximum absolute atomic E-state index is 12.0. The molecule has 0 radical (unpaired) electrons. The summed E-state index contributed by atoms with van der Waals surface area (Å²) in [4.78, 5) is 26.3. The molecule has 0 unspecified atom stereocenters. The molecule has 1 aliphatic heterocycles. The van der Waals surface area contributed by atoms with Gasteiger partial charge >= 0.3 is 5.97 Å². The first kappa shape index (κ1) is 13.5. The number of aliphatic hydroxyl groups is 1. The molecule has 0 saturated carbocycles. The van der Waals surface area contributed by atoms with Gasteiger partial charge in [0.1, 0.15) is 6.61 Å². The molecule has 0 amide bonds. The third kappa shape index (κ3) is 1.98. The van der Waals surface area contributed by atoms with E-state index in [0.717, 1.165) is 0 Å². The first-order valence-corrected chi connectivity index (χ1v) is 6.18. The number of hydrogen-bond donors (Lipinski definition) is 3. The lowest BCUT2D eigenvalue weighted by molar-refractivity contribution is -0.172. The summed E-state index contributed by atoms with van der Waals surface area (Å²) in [6.45, 7) is 3.29. The van der Waals surface area contributed by atoms with E-state index < -0.39 is 17.1 Å². The third-order valence-electron chi connectivity index (χ3n) is 3.46. The summed E-state index contributed by atoms with van der Waals surface area (Å²) in [5.41, 5.74) is -1.15. The van der Waals surface area contributed by atoms with Crippen LogP contribution in [0.2, 0.25) is 0 Å². The Hall–Kier alpha value is -1.95. The average molecular weight is 264 g/mol. The predicted molar refractivity (Wildman–Crippen MR) is 68.2 cm³/mol. The second-order valence-electron chi connectivity index (χ2n) is 4.53. The van der Waals surface area contributed by atoms with Crippen molar-refractivity contribution in [1.82, 2.24) is 4.98 Å². The number of nitrogens with one attached hydrogen (secondary N) is 2. The van der Waals surface area contributed by atoms with Gasteiger partial charge in [-0.1, -0.05) is 13.8 Å². The number of pyridine rings is 1. The van der Waals surface area contributed by atoms with Gasteiger partial charge in [-0.25, -0.2) is 4.79 Å². The molecule has 6 nitrogen and oxygen atoms in total. The van der Waals surface area contributed by atoms with Crippen LogP contribution in [0.3, 0.4) is 0 Å². The number of ether oxygens (including phenoxy) is 1. The van der Waals surface area contributed by atoms with Crippen LogP contribution in [0.5, 0.6) is 0 Å². The van der Waals surface area contributed by atoms with Gasteiger partial charge in [0.25, 0.3) is 5.56 Å². The lowest BCUT2D eigenvalue weighted by Gasteiger charge is -2.31. The lowest BCUT2D eigenvalue weighted by Crippen LogP contribution is -2.43. The smallest absolute Gasteiger partial charge is 0.343 e. The van der Waals surface area contributed by atoms with E-state index in [1.165, 1.54) is 6.07 Å². The summed E-state index contributed by atoms with van der Waals surface area (Å²) in [6, 6.07) is 1.51. The normalized spacial score (nSPS) is 21.7. The summed E-state index contributed by atoms with van der Waals surface area (Å²) in [5.74, 6) is -0.748. The summed E-state index contributed by atoms with van der Waals surface area (Å²) in [7, 11) is 0. The number of carbonyl (C=O) groups excluding carboxylic acids is 1. The fourth-order valence-corrected chi connectivity index (χ4v) is 2.15. The third-order valence-corrected chi connectivity index (χ3v) is 3.46. The van der Waals surface area contributed by atoms with Crippen LogP contribution in [0.4, 0.5) is 0 Å². The van der Waals surface area contributed by atoms with Crippen LogP contribution in [0.25, 0.3) is 0 Å². The highest BCUT2D eigenvalue weighted by Gasteiger charge is 2.44. The van der Waals surface area contributed by atoms with Crippen LogP contribution in [0.15, 0.2) is 10.9 Å². The van der Waals surface area contributed by atoms with Gasteiger partial charge in [0.05, 0.1) is 17.0 Å². The van der Waals surface area contributed by atoms with Crippen LogP contribution >= 0.6 is 0 Å². The van der Waals surface area contributed by atoms with Gasteiger partial charge < -0.3 is 20.2 Å². The molecular weight excluding hydrogens is 248 g/mol. The molecule has 19 heavy (non-hydrogen) atoms. The second kappa shape index (κ2) is 4.62. The molecule has 0 spiro atoms. The largest absolute Gasteiger partial charge is 0.458 e. The van der Waals surface area contributed by atoms with Crippen LogP contribution in [-0.4, -0.2) is 21.8 Å². The maximum Gasteiger partial charge on any atom is 0.343 e. The highest BCUT2D eigenvalue weighted by molar-refractivity contribution is 5.96. The van der Waals surface area contributed by atoms with E-state index >= 15 is 0 Å². The summed E-state index contributed by atoms with van der Waals surface area (Å²) >= 11 is 0. The molecular formula is C13H16N2O4. The Morgan fingerprint density at radius 3 is 2.79 bits per heavy atom. The summed E-state index contributed by atoms with van der Waals surface area (Å²) in [6.07, 6.45) is 0.560. The fourth-order valence-electron chi connectivity index (χ4n) is 2.15. The van der Waals surface area contributed by atoms with Gasteiger partial charge in [-0.15, -0.1) is 0 Å². The number of aromatic amines is 1. The zero-order valence-electron chi connectivity index (χ0n) is 10.9. The van der Waals surface area contributed by atoms with E-state index in [1.54, 1.807) is 13.8 Å². The van der Waals surface area contributed by atoms with Crippen molar-refractivity contribution in [2.24, 2.45) is 0 Å². The van der Waals surface area contributed by atoms with E-state index in [4.69, 9.17) is 10.1 Å². The highest BCUT2D eigenvalue weighted by Crippen LogP contribution is 2.32. The van der Waals surface area contributed by atoms with Gasteiger partial charge in [-0.05, 0) is 18.9 Å². The number of carbonyl (C=O) groups is 1. The van der Waals surface area contributed by atoms with E-state index in [0.29, 0.717) is 12.1 Å². The Bertz CT molecular complexity index is 605. The molecule has 1 atom stereocenters. The Morgan fingerprint density at radius 2 is 2.21 bits per heavy atom. The highest BCUT2D eigenvalue weighted by atomic mass is 16.6. The fraction of sp³-hybridized carbons (Fsp3) is 0.462. The van der Waals surface area contributed by atoms with Crippen molar-refractivity contribution in [2.75, 3.05) is 0 Å². The first-order valence-electron chi connectivity index (χ1n) is 6.18. The number of H-pyrrole nitrogens is 1. The standard InChI is InChI=1S/C13H16N2O4/c1-3-9(14)10-5-8-7(11(16)15-10)6-19-12(17)13(8,18)4-2/h5,14,18H,3-4,6H2,1-2H3,(H,15,16)/t13-/m0/s1. The SMILES string of the molecule is CCC(=N)c1cc2c(c(=O)[nH]1)COC(=O)[C@]2(O)CC. The van der Waals surface area contributed by atoms with E-state index in [1.807, 2.05) is 0 Å². The Morgan fingerprint density at radius 1 is 1.53 bits per heavy atom. The molecule has 0 fully saturated rings. The zero-order chi connectivity index (χ0) is 14.2. The average Bonchev–Trinajstić information content (AvgIpc) is 2.42. The number of aromatic nitrogens is 1. The van der Waals surface area contributed by atoms with Crippen molar-refractivity contribution in [3.8, 4) is 0 Å². The minimum absolute atomic E-state index is 0.112. The monoisotopic (exact) mass is 264 g/mol. The maximum atomic E-state index is 12.0.